The van der Waals surface area contributed by atoms with Crippen LogP contribution >= 0.6 is 15.9 Å². The van der Waals surface area contributed by atoms with Crippen LogP contribution in [0.4, 0.5) is 0 Å². The Hall–Kier alpha value is -0.370. The normalized spacial score (nSPS) is 12.9. The van der Waals surface area contributed by atoms with Gasteiger partial charge in [0, 0.05) is 11.6 Å². The third-order valence-electron chi connectivity index (χ3n) is 2.64. The van der Waals surface area contributed by atoms with E-state index in [1.165, 1.54) is 6.07 Å². The van der Waals surface area contributed by atoms with Gasteiger partial charge in [0.1, 0.15) is 10.7 Å². The van der Waals surface area contributed by atoms with Gasteiger partial charge < -0.3 is 9.73 Å². The maximum Gasteiger partial charge on any atom is 0.245 e. The van der Waals surface area contributed by atoms with Crippen molar-refractivity contribution < 1.29 is 12.8 Å². The number of halogens is 1. The minimum Gasteiger partial charge on any atom is -0.452 e. The van der Waals surface area contributed by atoms with Crippen LogP contribution in [0.15, 0.2) is 20.0 Å². The van der Waals surface area contributed by atoms with Crippen LogP contribution in [0.3, 0.4) is 0 Å². The van der Waals surface area contributed by atoms with Gasteiger partial charge >= 0.3 is 0 Å². The fourth-order valence-corrected chi connectivity index (χ4v) is 3.82. The molecule has 0 saturated heterocycles. The van der Waals surface area contributed by atoms with E-state index in [-0.39, 0.29) is 9.56 Å². The molecule has 0 unspecified atom stereocenters. The molecule has 1 rings (SSSR count). The van der Waals surface area contributed by atoms with Gasteiger partial charge in [0.15, 0.2) is 4.67 Å². The van der Waals surface area contributed by atoms with Gasteiger partial charge in [-0.25, -0.2) is 13.1 Å². The Labute approximate surface area is 117 Å². The Morgan fingerprint density at radius 1 is 1.44 bits per heavy atom. The molecule has 18 heavy (non-hydrogen) atoms. The predicted molar refractivity (Wildman–Crippen MR) is 73.9 cm³/mol. The minimum absolute atomic E-state index is 0.134. The lowest BCUT2D eigenvalue weighted by atomic mass is 10.0. The first kappa shape index (κ1) is 15.7. The monoisotopic (exact) mass is 338 g/mol. The summed E-state index contributed by atoms with van der Waals surface area (Å²) in [4.78, 5) is 0.134. The van der Waals surface area contributed by atoms with Crippen molar-refractivity contribution in [2.24, 2.45) is 0 Å². The molecule has 0 aliphatic heterocycles. The predicted octanol–water partition coefficient (Wildman–Crippen LogP) is 2.23. The molecule has 1 heterocycles. The standard InChI is InChI=1S/C11H19BrN2O3S/c1-5-11(2,3)14-18(15,16)9-6-8(7-13-4)17-10(9)12/h6,13-14H,5,7H2,1-4H3. The van der Waals surface area contributed by atoms with Crippen molar-refractivity contribution in [3.8, 4) is 0 Å². The highest BCUT2D eigenvalue weighted by Gasteiger charge is 2.28. The molecule has 5 nitrogen and oxygen atoms in total. The smallest absolute Gasteiger partial charge is 0.245 e. The Morgan fingerprint density at radius 3 is 2.56 bits per heavy atom. The summed E-state index contributed by atoms with van der Waals surface area (Å²) in [6.45, 7) is 6.09. The molecule has 0 aromatic carbocycles. The largest absolute Gasteiger partial charge is 0.452 e. The first-order chi connectivity index (χ1) is 8.22. The van der Waals surface area contributed by atoms with E-state index in [9.17, 15) is 8.42 Å². The molecule has 0 aliphatic carbocycles. The Bertz CT molecular complexity index is 508. The van der Waals surface area contributed by atoms with Gasteiger partial charge in [-0.2, -0.15) is 0 Å². The van der Waals surface area contributed by atoms with Crippen molar-refractivity contribution in [1.29, 1.82) is 0 Å². The SMILES string of the molecule is CCC(C)(C)NS(=O)(=O)c1cc(CNC)oc1Br. The summed E-state index contributed by atoms with van der Waals surface area (Å²) in [6, 6.07) is 1.52. The number of furan rings is 1. The van der Waals surface area contributed by atoms with E-state index in [0.29, 0.717) is 18.7 Å². The summed E-state index contributed by atoms with van der Waals surface area (Å²) >= 11 is 3.14. The van der Waals surface area contributed by atoms with Crippen LogP contribution in [-0.2, 0) is 16.6 Å². The maximum atomic E-state index is 12.2. The lowest BCUT2D eigenvalue weighted by molar-refractivity contribution is 0.437. The topological polar surface area (TPSA) is 71.3 Å². The molecule has 0 fully saturated rings. The van der Waals surface area contributed by atoms with Gasteiger partial charge in [0.2, 0.25) is 10.0 Å². The van der Waals surface area contributed by atoms with E-state index in [0.717, 1.165) is 0 Å². The Morgan fingerprint density at radius 2 is 2.06 bits per heavy atom. The molecule has 104 valence electrons. The van der Waals surface area contributed by atoms with Crippen LogP contribution in [0.2, 0.25) is 0 Å². The van der Waals surface area contributed by atoms with E-state index < -0.39 is 15.6 Å². The fourth-order valence-electron chi connectivity index (χ4n) is 1.33. The number of sulfonamides is 1. The second kappa shape index (κ2) is 5.73. The zero-order valence-electron chi connectivity index (χ0n) is 11.0. The van der Waals surface area contributed by atoms with E-state index in [1.54, 1.807) is 7.05 Å². The first-order valence-electron chi connectivity index (χ1n) is 5.68. The summed E-state index contributed by atoms with van der Waals surface area (Å²) < 4.78 is 32.7. The van der Waals surface area contributed by atoms with Crippen molar-refractivity contribution in [1.82, 2.24) is 10.0 Å². The summed E-state index contributed by atoms with van der Waals surface area (Å²) in [5, 5.41) is 2.91. The van der Waals surface area contributed by atoms with Gasteiger partial charge in [-0.1, -0.05) is 6.92 Å². The fraction of sp³-hybridized carbons (Fsp3) is 0.636. The molecule has 2 N–H and O–H groups in total. The second-order valence-electron chi connectivity index (χ2n) is 4.72. The molecule has 1 aromatic heterocycles. The zero-order valence-corrected chi connectivity index (χ0v) is 13.4. The molecule has 7 heteroatoms. The van der Waals surface area contributed by atoms with E-state index >= 15 is 0 Å². The van der Waals surface area contributed by atoms with Crippen molar-refractivity contribution >= 4 is 26.0 Å². The van der Waals surface area contributed by atoms with Crippen molar-refractivity contribution in [2.75, 3.05) is 7.05 Å². The van der Waals surface area contributed by atoms with Gasteiger partial charge in [-0.05, 0) is 43.2 Å². The van der Waals surface area contributed by atoms with Crippen LogP contribution in [0, 0.1) is 0 Å². The minimum atomic E-state index is -3.58. The molecular weight excluding hydrogens is 320 g/mol. The number of nitrogens with one attached hydrogen (secondary N) is 2. The Kier molecular flexibility index (Phi) is 4.99. The number of hydrogen-bond donors (Lipinski definition) is 2. The van der Waals surface area contributed by atoms with Crippen LogP contribution < -0.4 is 10.0 Å². The van der Waals surface area contributed by atoms with Gasteiger partial charge in [-0.15, -0.1) is 0 Å². The second-order valence-corrected chi connectivity index (χ2v) is 7.09. The molecule has 0 radical (unpaired) electrons. The van der Waals surface area contributed by atoms with Crippen molar-refractivity contribution in [2.45, 2.75) is 44.2 Å². The molecule has 0 bridgehead atoms. The first-order valence-corrected chi connectivity index (χ1v) is 7.96. The lowest BCUT2D eigenvalue weighted by Crippen LogP contribution is -2.42. The molecule has 1 aromatic rings. The lowest BCUT2D eigenvalue weighted by Gasteiger charge is -2.23. The Balaban J connectivity index is 3.05. The average Bonchev–Trinajstić information content (AvgIpc) is 2.59. The van der Waals surface area contributed by atoms with Crippen LogP contribution in [0.5, 0.6) is 0 Å². The maximum absolute atomic E-state index is 12.2. The zero-order chi connectivity index (χ0) is 14.0. The highest BCUT2D eigenvalue weighted by atomic mass is 79.9. The third-order valence-corrected chi connectivity index (χ3v) is 5.20. The molecular formula is C11H19BrN2O3S. The summed E-state index contributed by atoms with van der Waals surface area (Å²) in [7, 11) is -1.81. The summed E-state index contributed by atoms with van der Waals surface area (Å²) in [5.74, 6) is 0.569. The van der Waals surface area contributed by atoms with Gasteiger partial charge in [-0.3, -0.25) is 0 Å². The summed E-state index contributed by atoms with van der Waals surface area (Å²) in [5.41, 5.74) is -0.487. The van der Waals surface area contributed by atoms with Crippen LogP contribution in [0.1, 0.15) is 33.0 Å². The van der Waals surface area contributed by atoms with E-state index in [4.69, 9.17) is 4.42 Å². The summed E-state index contributed by atoms with van der Waals surface area (Å²) in [6.07, 6.45) is 0.699. The van der Waals surface area contributed by atoms with Crippen LogP contribution in [0.25, 0.3) is 0 Å². The van der Waals surface area contributed by atoms with Gasteiger partial charge in [0.25, 0.3) is 0 Å². The molecule has 0 amide bonds. The number of rotatable bonds is 6. The quantitative estimate of drug-likeness (QED) is 0.834. The highest BCUT2D eigenvalue weighted by Crippen LogP contribution is 2.27. The third kappa shape index (κ3) is 3.81. The van der Waals surface area contributed by atoms with Gasteiger partial charge in [0.05, 0.1) is 6.54 Å². The highest BCUT2D eigenvalue weighted by molar-refractivity contribution is 9.10. The van der Waals surface area contributed by atoms with Crippen molar-refractivity contribution in [3.63, 3.8) is 0 Å². The molecule has 0 atom stereocenters. The average molecular weight is 339 g/mol. The molecule has 0 aliphatic rings. The number of hydrogen-bond acceptors (Lipinski definition) is 4. The van der Waals surface area contributed by atoms with Crippen molar-refractivity contribution in [3.05, 3.63) is 16.5 Å². The molecule has 0 spiro atoms. The molecule has 0 saturated carbocycles. The van der Waals surface area contributed by atoms with E-state index in [1.807, 2.05) is 20.8 Å². The van der Waals surface area contributed by atoms with E-state index in [2.05, 4.69) is 26.0 Å². The van der Waals surface area contributed by atoms with Crippen LogP contribution in [-0.4, -0.2) is 21.0 Å².